The van der Waals surface area contributed by atoms with Crippen LogP contribution >= 0.6 is 23.2 Å². The number of rotatable bonds is 6. The Bertz CT molecular complexity index is 768. The van der Waals surface area contributed by atoms with Crippen LogP contribution in [0.15, 0.2) is 42.5 Å². The number of nitrogens with one attached hydrogen (secondary N) is 1. The number of benzene rings is 2. The highest BCUT2D eigenvalue weighted by Crippen LogP contribution is 2.22. The van der Waals surface area contributed by atoms with Crippen molar-refractivity contribution in [2.24, 2.45) is 0 Å². The highest BCUT2D eigenvalue weighted by atomic mass is 35.5. The lowest BCUT2D eigenvalue weighted by Crippen LogP contribution is -2.29. The zero-order valence-corrected chi connectivity index (χ0v) is 14.6. The smallest absolute Gasteiger partial charge is 0.347 e. The Morgan fingerprint density at radius 2 is 1.84 bits per heavy atom. The van der Waals surface area contributed by atoms with E-state index in [2.05, 4.69) is 5.32 Å². The summed E-state index contributed by atoms with van der Waals surface area (Å²) in [6.45, 7) is 0.965. The maximum absolute atomic E-state index is 12.9. The van der Waals surface area contributed by atoms with Crippen molar-refractivity contribution in [3.05, 3.63) is 58.3 Å². The van der Waals surface area contributed by atoms with Gasteiger partial charge in [0.15, 0.2) is 12.7 Å². The van der Waals surface area contributed by atoms with Gasteiger partial charge in [0.2, 0.25) is 0 Å². The van der Waals surface area contributed by atoms with Crippen LogP contribution in [0.1, 0.15) is 6.92 Å². The second kappa shape index (κ2) is 8.69. The summed E-state index contributed by atoms with van der Waals surface area (Å²) in [5, 5.41) is 3.00. The zero-order chi connectivity index (χ0) is 18.4. The summed E-state index contributed by atoms with van der Waals surface area (Å²) in [5.74, 6) is -1.41. The predicted molar refractivity (Wildman–Crippen MR) is 92.5 cm³/mol. The number of carbonyl (C=O) groups is 2. The van der Waals surface area contributed by atoms with Gasteiger partial charge in [0.1, 0.15) is 11.6 Å². The Morgan fingerprint density at radius 3 is 2.48 bits per heavy atom. The Balaban J connectivity index is 1.82. The summed E-state index contributed by atoms with van der Waals surface area (Å²) in [5.41, 5.74) is 0.217. The number of ether oxygens (including phenoxy) is 2. The summed E-state index contributed by atoms with van der Waals surface area (Å²) in [7, 11) is 0. The van der Waals surface area contributed by atoms with Crippen molar-refractivity contribution >= 4 is 40.8 Å². The first-order valence-corrected chi connectivity index (χ1v) is 7.94. The van der Waals surface area contributed by atoms with Crippen molar-refractivity contribution in [1.82, 2.24) is 0 Å². The van der Waals surface area contributed by atoms with E-state index >= 15 is 0 Å². The van der Waals surface area contributed by atoms with Crippen molar-refractivity contribution in [2.75, 3.05) is 11.9 Å². The normalized spacial score (nSPS) is 11.5. The molecular weight excluding hydrogens is 372 g/mol. The van der Waals surface area contributed by atoms with Crippen molar-refractivity contribution in [1.29, 1.82) is 0 Å². The molecule has 0 saturated heterocycles. The average Bonchev–Trinajstić information content (AvgIpc) is 2.57. The third kappa shape index (κ3) is 5.92. The first-order valence-electron chi connectivity index (χ1n) is 7.19. The quantitative estimate of drug-likeness (QED) is 0.760. The average molecular weight is 386 g/mol. The fraction of sp³-hybridized carbons (Fsp3) is 0.176. The van der Waals surface area contributed by atoms with Gasteiger partial charge in [0.05, 0.1) is 10.7 Å². The van der Waals surface area contributed by atoms with Crippen LogP contribution < -0.4 is 10.1 Å². The molecule has 0 aromatic heterocycles. The van der Waals surface area contributed by atoms with Crippen LogP contribution in [0, 0.1) is 5.82 Å². The van der Waals surface area contributed by atoms with E-state index in [1.807, 2.05) is 0 Å². The molecule has 1 N–H and O–H groups in total. The minimum Gasteiger partial charge on any atom is -0.479 e. The van der Waals surface area contributed by atoms with Crippen LogP contribution in [0.4, 0.5) is 10.1 Å². The lowest BCUT2D eigenvalue weighted by Gasteiger charge is -2.14. The van der Waals surface area contributed by atoms with Crippen LogP contribution in [0.25, 0.3) is 0 Å². The molecule has 0 spiro atoms. The summed E-state index contributed by atoms with van der Waals surface area (Å²) in [6, 6.07) is 9.97. The van der Waals surface area contributed by atoms with E-state index in [4.69, 9.17) is 32.7 Å². The van der Waals surface area contributed by atoms with Gasteiger partial charge < -0.3 is 14.8 Å². The molecular formula is C17H14Cl2FNO4. The van der Waals surface area contributed by atoms with Crippen molar-refractivity contribution in [3.8, 4) is 5.75 Å². The van der Waals surface area contributed by atoms with Gasteiger partial charge in [-0.2, -0.15) is 0 Å². The Hall–Kier alpha value is -2.31. The first kappa shape index (κ1) is 19.0. The maximum atomic E-state index is 12.9. The van der Waals surface area contributed by atoms with E-state index in [0.717, 1.165) is 12.1 Å². The van der Waals surface area contributed by atoms with Gasteiger partial charge in [-0.05, 0) is 49.4 Å². The molecule has 8 heteroatoms. The monoisotopic (exact) mass is 385 g/mol. The zero-order valence-electron chi connectivity index (χ0n) is 13.1. The number of carbonyl (C=O) groups excluding carboxylic acids is 2. The molecule has 132 valence electrons. The SMILES string of the molecule is C[C@H](Oc1ccc(Cl)cc1)C(=O)OCC(=O)Nc1ccc(F)cc1Cl. The van der Waals surface area contributed by atoms with E-state index < -0.39 is 30.4 Å². The molecule has 25 heavy (non-hydrogen) atoms. The highest BCUT2D eigenvalue weighted by molar-refractivity contribution is 6.33. The van der Waals surface area contributed by atoms with Crippen LogP contribution in [0.2, 0.25) is 10.0 Å². The Labute approximate surface area is 153 Å². The first-order chi connectivity index (χ1) is 11.8. The largest absolute Gasteiger partial charge is 0.479 e. The van der Waals surface area contributed by atoms with E-state index in [1.54, 1.807) is 24.3 Å². The van der Waals surface area contributed by atoms with E-state index in [1.165, 1.54) is 13.0 Å². The molecule has 0 saturated carbocycles. The van der Waals surface area contributed by atoms with Gasteiger partial charge in [-0.3, -0.25) is 4.79 Å². The molecule has 2 rings (SSSR count). The molecule has 2 aromatic carbocycles. The number of esters is 1. The number of anilines is 1. The number of amides is 1. The summed E-state index contributed by atoms with van der Waals surface area (Å²) in [6.07, 6.45) is -0.914. The topological polar surface area (TPSA) is 64.6 Å². The molecule has 0 aliphatic rings. The van der Waals surface area contributed by atoms with Crippen molar-refractivity contribution in [3.63, 3.8) is 0 Å². The standard InChI is InChI=1S/C17H14Cl2FNO4/c1-10(25-13-5-2-11(18)3-6-13)17(23)24-9-16(22)21-15-7-4-12(20)8-14(15)19/h2-8,10H,9H2,1H3,(H,21,22)/t10-/m0/s1. The summed E-state index contributed by atoms with van der Waals surface area (Å²) in [4.78, 5) is 23.6. The number of hydrogen-bond acceptors (Lipinski definition) is 4. The molecule has 0 radical (unpaired) electrons. The van der Waals surface area contributed by atoms with Crippen molar-refractivity contribution in [2.45, 2.75) is 13.0 Å². The second-order valence-corrected chi connectivity index (χ2v) is 5.84. The fourth-order valence-electron chi connectivity index (χ4n) is 1.80. The molecule has 0 heterocycles. The van der Waals surface area contributed by atoms with E-state index in [-0.39, 0.29) is 10.7 Å². The van der Waals surface area contributed by atoms with E-state index in [0.29, 0.717) is 10.8 Å². The number of hydrogen-bond donors (Lipinski definition) is 1. The summed E-state index contributed by atoms with van der Waals surface area (Å²) >= 11 is 11.6. The van der Waals surface area contributed by atoms with Gasteiger partial charge in [0.25, 0.3) is 5.91 Å². The minimum absolute atomic E-state index is 0.0408. The van der Waals surface area contributed by atoms with Crippen molar-refractivity contribution < 1.29 is 23.5 Å². The molecule has 0 aliphatic heterocycles. The fourth-order valence-corrected chi connectivity index (χ4v) is 2.14. The third-order valence-electron chi connectivity index (χ3n) is 3.01. The molecule has 0 bridgehead atoms. The molecule has 0 aliphatic carbocycles. The van der Waals surface area contributed by atoms with Gasteiger partial charge in [-0.1, -0.05) is 23.2 Å². The predicted octanol–water partition coefficient (Wildman–Crippen LogP) is 4.08. The van der Waals surface area contributed by atoms with E-state index in [9.17, 15) is 14.0 Å². The van der Waals surface area contributed by atoms with Crippen LogP contribution in [0.3, 0.4) is 0 Å². The Morgan fingerprint density at radius 1 is 1.16 bits per heavy atom. The lowest BCUT2D eigenvalue weighted by atomic mass is 10.3. The van der Waals surface area contributed by atoms with Gasteiger partial charge >= 0.3 is 5.97 Å². The third-order valence-corrected chi connectivity index (χ3v) is 3.57. The molecule has 2 aromatic rings. The molecule has 1 atom stereocenters. The second-order valence-electron chi connectivity index (χ2n) is 4.99. The van der Waals surface area contributed by atoms with Gasteiger partial charge in [0, 0.05) is 5.02 Å². The maximum Gasteiger partial charge on any atom is 0.347 e. The summed E-state index contributed by atoms with van der Waals surface area (Å²) < 4.78 is 23.2. The van der Waals surface area contributed by atoms with Gasteiger partial charge in [-0.15, -0.1) is 0 Å². The number of halogens is 3. The molecule has 5 nitrogen and oxygen atoms in total. The Kier molecular flexibility index (Phi) is 6.61. The highest BCUT2D eigenvalue weighted by Gasteiger charge is 2.18. The van der Waals surface area contributed by atoms with Crippen LogP contribution in [-0.2, 0) is 14.3 Å². The van der Waals surface area contributed by atoms with Crippen LogP contribution in [-0.4, -0.2) is 24.6 Å². The minimum atomic E-state index is -0.914. The van der Waals surface area contributed by atoms with Crippen LogP contribution in [0.5, 0.6) is 5.75 Å². The lowest BCUT2D eigenvalue weighted by molar-refractivity contribution is -0.153. The molecule has 0 fully saturated rings. The molecule has 1 amide bonds. The molecule has 0 unspecified atom stereocenters. The van der Waals surface area contributed by atoms with Gasteiger partial charge in [-0.25, -0.2) is 9.18 Å².